The van der Waals surface area contributed by atoms with Gasteiger partial charge < -0.3 is 0 Å². The zero-order valence-corrected chi connectivity index (χ0v) is 11.7. The van der Waals surface area contributed by atoms with Crippen molar-refractivity contribution in [1.82, 2.24) is 0 Å². The lowest BCUT2D eigenvalue weighted by atomic mass is 9.72. The van der Waals surface area contributed by atoms with Crippen molar-refractivity contribution in [2.24, 2.45) is 11.8 Å². The van der Waals surface area contributed by atoms with Crippen LogP contribution in [0, 0.1) is 11.8 Å². The molecule has 0 spiro atoms. The lowest BCUT2D eigenvalue weighted by molar-refractivity contribution is 0.0801. The number of hydrogen-bond donors (Lipinski definition) is 0. The van der Waals surface area contributed by atoms with Gasteiger partial charge in [-0.1, -0.05) is 36.4 Å². The minimum Gasteiger partial charge on any atom is -0.293 e. The van der Waals surface area contributed by atoms with Crippen LogP contribution in [0.1, 0.15) is 20.7 Å². The predicted molar refractivity (Wildman–Crippen MR) is 74.1 cm³/mol. The Morgan fingerprint density at radius 1 is 0.950 bits per heavy atom. The third kappa shape index (κ3) is 1.94. The lowest BCUT2D eigenvalue weighted by Crippen LogP contribution is -2.36. The highest BCUT2D eigenvalue weighted by atomic mass is 35.7. The zero-order chi connectivity index (χ0) is 14.5. The van der Waals surface area contributed by atoms with Crippen LogP contribution < -0.4 is 0 Å². The van der Waals surface area contributed by atoms with Crippen LogP contribution >= 0.6 is 10.7 Å². The van der Waals surface area contributed by atoms with Crippen molar-refractivity contribution in [3.63, 3.8) is 0 Å². The number of hydrogen-bond acceptors (Lipinski definition) is 4. The number of allylic oxidation sites excluding steroid dienone is 3. The number of fused-ring (bicyclic) bond motifs is 2. The van der Waals surface area contributed by atoms with Crippen LogP contribution in [0.3, 0.4) is 0 Å². The number of ketones is 2. The molecule has 20 heavy (non-hydrogen) atoms. The van der Waals surface area contributed by atoms with E-state index in [0.29, 0.717) is 11.1 Å². The summed E-state index contributed by atoms with van der Waals surface area (Å²) in [7, 11) is 1.37. The second-order valence-corrected chi connectivity index (χ2v) is 7.26. The Kier molecular flexibility index (Phi) is 2.92. The van der Waals surface area contributed by atoms with Crippen molar-refractivity contribution in [3.05, 3.63) is 58.5 Å². The molecule has 0 saturated heterocycles. The molecule has 0 fully saturated rings. The summed E-state index contributed by atoms with van der Waals surface area (Å²) in [5.74, 6) is -1.89. The smallest absolute Gasteiger partial charge is 0.261 e. The van der Waals surface area contributed by atoms with Gasteiger partial charge in [0.05, 0.1) is 16.7 Å². The van der Waals surface area contributed by atoms with Gasteiger partial charge in [0.2, 0.25) is 0 Å². The van der Waals surface area contributed by atoms with Gasteiger partial charge in [0.1, 0.15) is 0 Å². The van der Waals surface area contributed by atoms with Gasteiger partial charge in [-0.05, 0) is 6.08 Å². The first-order valence-corrected chi connectivity index (χ1v) is 8.22. The molecule has 0 amide bonds. The van der Waals surface area contributed by atoms with Crippen molar-refractivity contribution >= 4 is 31.3 Å². The number of carbonyl (C=O) groups excluding carboxylic acids is 2. The molecule has 0 unspecified atom stereocenters. The molecule has 0 heterocycles. The Balaban J connectivity index is 2.15. The van der Waals surface area contributed by atoms with Crippen LogP contribution in [0.4, 0.5) is 0 Å². The van der Waals surface area contributed by atoms with E-state index in [2.05, 4.69) is 0 Å². The third-order valence-electron chi connectivity index (χ3n) is 3.54. The Hall–Kier alpha value is -1.72. The summed E-state index contributed by atoms with van der Waals surface area (Å²) in [5.41, 5.74) is 0.714. The summed E-state index contributed by atoms with van der Waals surface area (Å²) < 4.78 is 22.7. The molecule has 1 aromatic rings. The molecule has 2 atom stereocenters. The van der Waals surface area contributed by atoms with E-state index < -0.39 is 20.9 Å². The van der Waals surface area contributed by atoms with Crippen molar-refractivity contribution in [2.75, 3.05) is 0 Å². The minimum absolute atomic E-state index is 0.138. The molecule has 0 aliphatic heterocycles. The van der Waals surface area contributed by atoms with Crippen LogP contribution in [0.25, 0.3) is 0 Å². The average Bonchev–Trinajstić information content (AvgIpc) is 2.43. The van der Waals surface area contributed by atoms with Crippen LogP contribution in [0.15, 0.2) is 47.4 Å². The molecule has 2 aliphatic carbocycles. The van der Waals surface area contributed by atoms with Crippen molar-refractivity contribution < 1.29 is 18.0 Å². The third-order valence-corrected chi connectivity index (χ3v) is 4.91. The fourth-order valence-corrected chi connectivity index (χ4v) is 3.44. The van der Waals surface area contributed by atoms with Crippen molar-refractivity contribution in [2.45, 2.75) is 0 Å². The summed E-state index contributed by atoms with van der Waals surface area (Å²) >= 11 is 0. The van der Waals surface area contributed by atoms with Crippen molar-refractivity contribution in [3.8, 4) is 0 Å². The number of benzene rings is 1. The number of rotatable bonds is 1. The van der Waals surface area contributed by atoms with Crippen LogP contribution in [-0.4, -0.2) is 20.0 Å². The molecule has 6 heteroatoms. The van der Waals surface area contributed by atoms with E-state index in [-0.39, 0.29) is 16.5 Å². The number of carbonyl (C=O) groups is 2. The number of halogens is 1. The average molecular weight is 309 g/mol. The summed E-state index contributed by atoms with van der Waals surface area (Å²) in [5, 5.41) is 0. The van der Waals surface area contributed by atoms with E-state index in [1.54, 1.807) is 24.3 Å². The van der Waals surface area contributed by atoms with E-state index >= 15 is 0 Å². The zero-order valence-electron chi connectivity index (χ0n) is 10.1. The molecule has 4 nitrogen and oxygen atoms in total. The molecule has 102 valence electrons. The maximum atomic E-state index is 12.4. The first-order chi connectivity index (χ1) is 9.39. The maximum absolute atomic E-state index is 12.4. The molecular formula is C14H9ClO4S. The summed E-state index contributed by atoms with van der Waals surface area (Å²) in [4.78, 5) is 24.6. The maximum Gasteiger partial charge on any atom is 0.261 e. The highest BCUT2D eigenvalue weighted by molar-refractivity contribution is 8.17. The first kappa shape index (κ1) is 13.3. The quantitative estimate of drug-likeness (QED) is 0.747. The standard InChI is InChI=1S/C14H9ClO4S/c15-20(18,19)8-5-6-11-12(7-8)14(17)10-4-2-1-3-9(10)13(11)16/h1-7,11-12H/t11-,12-/m1/s1. The summed E-state index contributed by atoms with van der Waals surface area (Å²) in [6.45, 7) is 0. The molecule has 1 aromatic carbocycles. The van der Waals surface area contributed by atoms with Crippen LogP contribution in [-0.2, 0) is 9.05 Å². The van der Waals surface area contributed by atoms with Gasteiger partial charge in [-0.3, -0.25) is 9.59 Å². The fraction of sp³-hybridized carbons (Fsp3) is 0.143. The molecule has 0 bridgehead atoms. The van der Waals surface area contributed by atoms with E-state index in [1.807, 2.05) is 0 Å². The van der Waals surface area contributed by atoms with Gasteiger partial charge in [-0.15, -0.1) is 0 Å². The topological polar surface area (TPSA) is 68.3 Å². The second-order valence-electron chi connectivity index (χ2n) is 4.69. The molecule has 3 rings (SSSR count). The van der Waals surface area contributed by atoms with Crippen molar-refractivity contribution in [1.29, 1.82) is 0 Å². The van der Waals surface area contributed by atoms with E-state index in [9.17, 15) is 18.0 Å². The molecular weight excluding hydrogens is 300 g/mol. The SMILES string of the molecule is O=C1c2ccccc2C(=O)[C@@H]2C=C(S(=O)(=O)Cl)C=C[C@@H]12. The summed E-state index contributed by atoms with van der Waals surface area (Å²) in [6.07, 6.45) is 3.99. The van der Waals surface area contributed by atoms with Gasteiger partial charge in [-0.25, -0.2) is 8.42 Å². The first-order valence-electron chi connectivity index (χ1n) is 5.92. The predicted octanol–water partition coefficient (Wildman–Crippen LogP) is 2.32. The molecule has 0 N–H and O–H groups in total. The highest BCUT2D eigenvalue weighted by Crippen LogP contribution is 2.36. The fourth-order valence-electron chi connectivity index (χ4n) is 2.58. The van der Waals surface area contributed by atoms with Gasteiger partial charge in [0.25, 0.3) is 9.05 Å². The number of Topliss-reactive ketones (excluding diaryl/α,β-unsaturated/α-hetero) is 2. The van der Waals surface area contributed by atoms with Gasteiger partial charge >= 0.3 is 0 Å². The van der Waals surface area contributed by atoms with E-state index in [0.717, 1.165) is 0 Å². The van der Waals surface area contributed by atoms with E-state index in [4.69, 9.17) is 10.7 Å². The van der Waals surface area contributed by atoms with Gasteiger partial charge in [0, 0.05) is 21.8 Å². The highest BCUT2D eigenvalue weighted by Gasteiger charge is 2.41. The van der Waals surface area contributed by atoms with Gasteiger partial charge in [-0.2, -0.15) is 0 Å². The normalized spacial score (nSPS) is 24.9. The monoisotopic (exact) mass is 308 g/mol. The Morgan fingerprint density at radius 2 is 1.50 bits per heavy atom. The molecule has 0 radical (unpaired) electrons. The Labute approximate surface area is 120 Å². The van der Waals surface area contributed by atoms with E-state index in [1.165, 1.54) is 18.2 Å². The van der Waals surface area contributed by atoms with Crippen LogP contribution in [0.2, 0.25) is 0 Å². The lowest BCUT2D eigenvalue weighted by Gasteiger charge is -2.29. The largest absolute Gasteiger partial charge is 0.293 e. The molecule has 0 aromatic heterocycles. The summed E-state index contributed by atoms with van der Waals surface area (Å²) in [6, 6.07) is 6.55. The Morgan fingerprint density at radius 3 is 2.05 bits per heavy atom. The Bertz CT molecular complexity index is 789. The molecule has 2 aliphatic rings. The second kappa shape index (κ2) is 4.40. The molecule has 0 saturated carbocycles. The van der Waals surface area contributed by atoms with Gasteiger partial charge in [0.15, 0.2) is 11.6 Å². The van der Waals surface area contributed by atoms with Crippen LogP contribution in [0.5, 0.6) is 0 Å². The minimum atomic E-state index is -3.91.